The van der Waals surface area contributed by atoms with Crippen molar-refractivity contribution in [2.45, 2.75) is 51.6 Å². The minimum Gasteiger partial charge on any atom is -0.330 e. The smallest absolute Gasteiger partial charge is 0.0236 e. The summed E-state index contributed by atoms with van der Waals surface area (Å²) in [4.78, 5) is 2.65. The predicted octanol–water partition coefficient (Wildman–Crippen LogP) is 2.95. The highest BCUT2D eigenvalue weighted by molar-refractivity contribution is 5.23. The molecule has 0 heterocycles. The lowest BCUT2D eigenvalue weighted by Crippen LogP contribution is -2.26. The fourth-order valence-corrected chi connectivity index (χ4v) is 2.40. The average Bonchev–Trinajstić information content (AvgIpc) is 3.21. The van der Waals surface area contributed by atoms with Crippen molar-refractivity contribution >= 4 is 0 Å². The highest BCUT2D eigenvalue weighted by Gasteiger charge is 2.28. The van der Waals surface area contributed by atoms with E-state index in [4.69, 9.17) is 5.73 Å². The van der Waals surface area contributed by atoms with Gasteiger partial charge in [0.1, 0.15) is 0 Å². The molecule has 100 valence electrons. The zero-order valence-corrected chi connectivity index (χ0v) is 11.6. The molecule has 0 bridgehead atoms. The Hall–Kier alpha value is -0.860. The second-order valence-corrected chi connectivity index (χ2v) is 5.41. The largest absolute Gasteiger partial charge is 0.330 e. The molecule has 0 spiro atoms. The Labute approximate surface area is 111 Å². The molecule has 1 saturated carbocycles. The summed E-state index contributed by atoms with van der Waals surface area (Å²) in [5, 5.41) is 0. The standard InChI is InChI=1S/C16H26N2/c1-2-3-12-18(16-8-9-16)13-15-6-4-14(5-7-15)10-11-17/h4-7,16H,2-3,8-13,17H2,1H3. The van der Waals surface area contributed by atoms with Gasteiger partial charge in [0.05, 0.1) is 0 Å². The summed E-state index contributed by atoms with van der Waals surface area (Å²) in [6.45, 7) is 5.38. The SMILES string of the molecule is CCCCN(Cc1ccc(CCN)cc1)C1CC1. The van der Waals surface area contributed by atoms with Crippen molar-refractivity contribution in [3.8, 4) is 0 Å². The van der Waals surface area contributed by atoms with Crippen LogP contribution in [0.2, 0.25) is 0 Å². The van der Waals surface area contributed by atoms with Crippen LogP contribution in [0.5, 0.6) is 0 Å². The van der Waals surface area contributed by atoms with Crippen LogP contribution in [-0.2, 0) is 13.0 Å². The molecule has 0 aliphatic heterocycles. The Morgan fingerprint density at radius 3 is 2.39 bits per heavy atom. The van der Waals surface area contributed by atoms with Gasteiger partial charge in [0, 0.05) is 12.6 Å². The molecule has 18 heavy (non-hydrogen) atoms. The average molecular weight is 246 g/mol. The third kappa shape index (κ3) is 4.11. The number of nitrogens with zero attached hydrogens (tertiary/aromatic N) is 1. The summed E-state index contributed by atoms with van der Waals surface area (Å²) in [6, 6.07) is 9.86. The first-order chi connectivity index (χ1) is 8.83. The molecule has 0 radical (unpaired) electrons. The predicted molar refractivity (Wildman–Crippen MR) is 77.5 cm³/mol. The Kier molecular flexibility index (Phi) is 5.21. The second kappa shape index (κ2) is 6.91. The maximum atomic E-state index is 5.57. The van der Waals surface area contributed by atoms with Gasteiger partial charge in [-0.05, 0) is 49.9 Å². The second-order valence-electron chi connectivity index (χ2n) is 5.41. The first-order valence-electron chi connectivity index (χ1n) is 7.35. The summed E-state index contributed by atoms with van der Waals surface area (Å²) >= 11 is 0. The third-order valence-electron chi connectivity index (χ3n) is 3.70. The van der Waals surface area contributed by atoms with Crippen molar-refractivity contribution in [1.82, 2.24) is 4.90 Å². The van der Waals surface area contributed by atoms with Gasteiger partial charge in [0.25, 0.3) is 0 Å². The molecule has 2 N–H and O–H groups in total. The van der Waals surface area contributed by atoms with E-state index in [-0.39, 0.29) is 0 Å². The molecule has 2 rings (SSSR count). The topological polar surface area (TPSA) is 29.3 Å². The molecule has 1 aliphatic rings. The van der Waals surface area contributed by atoms with E-state index in [0.717, 1.165) is 25.6 Å². The molecule has 0 amide bonds. The molecule has 0 aromatic heterocycles. The lowest BCUT2D eigenvalue weighted by Gasteiger charge is -2.21. The molecule has 1 fully saturated rings. The Morgan fingerprint density at radius 1 is 1.17 bits per heavy atom. The molecule has 0 atom stereocenters. The van der Waals surface area contributed by atoms with Gasteiger partial charge in [-0.1, -0.05) is 37.6 Å². The number of benzene rings is 1. The van der Waals surface area contributed by atoms with Gasteiger partial charge in [-0.15, -0.1) is 0 Å². The normalized spacial score (nSPS) is 15.3. The van der Waals surface area contributed by atoms with E-state index >= 15 is 0 Å². The van der Waals surface area contributed by atoms with E-state index in [0.29, 0.717) is 0 Å². The third-order valence-corrected chi connectivity index (χ3v) is 3.70. The Morgan fingerprint density at radius 2 is 1.83 bits per heavy atom. The van der Waals surface area contributed by atoms with Crippen LogP contribution in [0, 0.1) is 0 Å². The van der Waals surface area contributed by atoms with Gasteiger partial charge in [-0.25, -0.2) is 0 Å². The van der Waals surface area contributed by atoms with Gasteiger partial charge in [0.15, 0.2) is 0 Å². The monoisotopic (exact) mass is 246 g/mol. The molecule has 1 aromatic carbocycles. The van der Waals surface area contributed by atoms with Crippen LogP contribution in [0.3, 0.4) is 0 Å². The van der Waals surface area contributed by atoms with E-state index in [9.17, 15) is 0 Å². The maximum Gasteiger partial charge on any atom is 0.0236 e. The van der Waals surface area contributed by atoms with Crippen LogP contribution in [0.25, 0.3) is 0 Å². The van der Waals surface area contributed by atoms with Crippen molar-refractivity contribution in [2.75, 3.05) is 13.1 Å². The summed E-state index contributed by atoms with van der Waals surface area (Å²) in [7, 11) is 0. The molecule has 1 aromatic rings. The van der Waals surface area contributed by atoms with Crippen molar-refractivity contribution in [3.63, 3.8) is 0 Å². The molecule has 2 heteroatoms. The van der Waals surface area contributed by atoms with Crippen LogP contribution in [0.4, 0.5) is 0 Å². The minimum absolute atomic E-state index is 0.740. The Balaban J connectivity index is 1.89. The molecule has 0 saturated heterocycles. The van der Waals surface area contributed by atoms with Crippen LogP contribution < -0.4 is 5.73 Å². The van der Waals surface area contributed by atoms with E-state index in [1.54, 1.807) is 0 Å². The van der Waals surface area contributed by atoms with Crippen LogP contribution in [-0.4, -0.2) is 24.0 Å². The van der Waals surface area contributed by atoms with E-state index < -0.39 is 0 Å². The summed E-state index contributed by atoms with van der Waals surface area (Å²) in [6.07, 6.45) is 6.40. The highest BCUT2D eigenvalue weighted by atomic mass is 15.2. The molecule has 1 aliphatic carbocycles. The molecular formula is C16H26N2. The van der Waals surface area contributed by atoms with Crippen LogP contribution in [0.1, 0.15) is 43.7 Å². The fourth-order valence-electron chi connectivity index (χ4n) is 2.40. The molecule has 2 nitrogen and oxygen atoms in total. The lowest BCUT2D eigenvalue weighted by atomic mass is 10.1. The van der Waals surface area contributed by atoms with Crippen LogP contribution >= 0.6 is 0 Å². The number of hydrogen-bond acceptors (Lipinski definition) is 2. The van der Waals surface area contributed by atoms with Gasteiger partial charge in [-0.2, -0.15) is 0 Å². The minimum atomic E-state index is 0.740. The van der Waals surface area contributed by atoms with E-state index in [1.807, 2.05) is 0 Å². The first-order valence-corrected chi connectivity index (χ1v) is 7.35. The zero-order chi connectivity index (χ0) is 12.8. The van der Waals surface area contributed by atoms with Gasteiger partial charge < -0.3 is 5.73 Å². The summed E-state index contributed by atoms with van der Waals surface area (Å²) < 4.78 is 0. The van der Waals surface area contributed by atoms with E-state index in [1.165, 1.54) is 43.4 Å². The van der Waals surface area contributed by atoms with Crippen molar-refractivity contribution in [2.24, 2.45) is 5.73 Å². The zero-order valence-electron chi connectivity index (χ0n) is 11.6. The number of rotatable bonds is 8. The summed E-state index contributed by atoms with van der Waals surface area (Å²) in [5.41, 5.74) is 8.37. The quantitative estimate of drug-likeness (QED) is 0.764. The van der Waals surface area contributed by atoms with Gasteiger partial charge in [0.2, 0.25) is 0 Å². The molecular weight excluding hydrogens is 220 g/mol. The lowest BCUT2D eigenvalue weighted by molar-refractivity contribution is 0.250. The number of hydrogen-bond donors (Lipinski definition) is 1. The van der Waals surface area contributed by atoms with Gasteiger partial charge >= 0.3 is 0 Å². The van der Waals surface area contributed by atoms with Crippen molar-refractivity contribution < 1.29 is 0 Å². The fraction of sp³-hybridized carbons (Fsp3) is 0.625. The van der Waals surface area contributed by atoms with Crippen LogP contribution in [0.15, 0.2) is 24.3 Å². The van der Waals surface area contributed by atoms with E-state index in [2.05, 4.69) is 36.1 Å². The highest BCUT2D eigenvalue weighted by Crippen LogP contribution is 2.28. The Bertz CT molecular complexity index is 341. The van der Waals surface area contributed by atoms with Crippen molar-refractivity contribution in [1.29, 1.82) is 0 Å². The van der Waals surface area contributed by atoms with Crippen molar-refractivity contribution in [3.05, 3.63) is 35.4 Å². The first kappa shape index (κ1) is 13.6. The number of unbranched alkanes of at least 4 members (excludes halogenated alkanes) is 1. The van der Waals surface area contributed by atoms with Gasteiger partial charge in [-0.3, -0.25) is 4.90 Å². The molecule has 0 unspecified atom stereocenters. The number of nitrogens with two attached hydrogens (primary N) is 1. The maximum absolute atomic E-state index is 5.57. The summed E-state index contributed by atoms with van der Waals surface area (Å²) in [5.74, 6) is 0.